The van der Waals surface area contributed by atoms with E-state index < -0.39 is 0 Å². The molecule has 16 heavy (non-hydrogen) atoms. The number of nitrogens with zero attached hydrogens (tertiary/aromatic N) is 1. The molecule has 0 saturated heterocycles. The molecule has 3 nitrogen and oxygen atoms in total. The number of hydrogen-bond acceptors (Lipinski definition) is 2. The zero-order valence-electron chi connectivity index (χ0n) is 9.31. The zero-order valence-corrected chi connectivity index (χ0v) is 9.31. The second-order valence-corrected chi connectivity index (χ2v) is 3.79. The van der Waals surface area contributed by atoms with Crippen LogP contribution >= 0.6 is 0 Å². The largest absolute Gasteiger partial charge is 0.269 e. The maximum Gasteiger partial charge on any atom is 0.262 e. The molecule has 0 aromatic heterocycles. The van der Waals surface area contributed by atoms with Crippen molar-refractivity contribution in [3.63, 3.8) is 0 Å². The molecule has 1 aromatic rings. The van der Waals surface area contributed by atoms with E-state index in [0.29, 0.717) is 11.1 Å². The van der Waals surface area contributed by atoms with Crippen LogP contribution in [0.5, 0.6) is 0 Å². The van der Waals surface area contributed by atoms with E-state index >= 15 is 0 Å². The zero-order chi connectivity index (χ0) is 11.7. The Morgan fingerprint density at radius 3 is 2.06 bits per heavy atom. The van der Waals surface area contributed by atoms with Crippen molar-refractivity contribution >= 4 is 11.8 Å². The van der Waals surface area contributed by atoms with Crippen LogP contribution in [-0.2, 0) is 0 Å². The quantitative estimate of drug-likeness (QED) is 0.560. The molecule has 1 aliphatic rings. The number of carbonyl (C=O) groups excluding carboxylic acids is 2. The van der Waals surface area contributed by atoms with E-state index in [1.54, 1.807) is 24.3 Å². The van der Waals surface area contributed by atoms with E-state index in [1.165, 1.54) is 4.90 Å². The molecule has 0 saturated carbocycles. The predicted molar refractivity (Wildman–Crippen MR) is 61.2 cm³/mol. The first-order chi connectivity index (χ1) is 7.66. The topological polar surface area (TPSA) is 37.4 Å². The van der Waals surface area contributed by atoms with Gasteiger partial charge in [0, 0.05) is 0 Å². The van der Waals surface area contributed by atoms with Gasteiger partial charge in [0.15, 0.2) is 0 Å². The van der Waals surface area contributed by atoms with Gasteiger partial charge in [-0.15, -0.1) is 0 Å². The Hall–Kier alpha value is -1.90. The average molecular weight is 215 g/mol. The van der Waals surface area contributed by atoms with Gasteiger partial charge in [-0.3, -0.25) is 14.5 Å². The van der Waals surface area contributed by atoms with E-state index in [1.807, 2.05) is 26.0 Å². The molecule has 1 unspecified atom stereocenters. The highest BCUT2D eigenvalue weighted by Crippen LogP contribution is 2.24. The Balaban J connectivity index is 2.42. The molecule has 0 radical (unpaired) electrons. The van der Waals surface area contributed by atoms with Gasteiger partial charge in [0.1, 0.15) is 0 Å². The molecule has 1 aliphatic heterocycles. The van der Waals surface area contributed by atoms with Gasteiger partial charge in [-0.25, -0.2) is 0 Å². The summed E-state index contributed by atoms with van der Waals surface area (Å²) in [5, 5.41) is 0. The first-order valence-electron chi connectivity index (χ1n) is 5.26. The van der Waals surface area contributed by atoms with Gasteiger partial charge in [-0.1, -0.05) is 24.3 Å². The molecule has 82 valence electrons. The van der Waals surface area contributed by atoms with Crippen molar-refractivity contribution in [2.45, 2.75) is 19.9 Å². The van der Waals surface area contributed by atoms with Crippen LogP contribution in [0.4, 0.5) is 0 Å². The SMILES string of the molecule is C/C=C/C(C)N1C(=O)c2ccccc2C1=O. The normalized spacial score (nSPS) is 17.0. The van der Waals surface area contributed by atoms with Crippen LogP contribution < -0.4 is 0 Å². The summed E-state index contributed by atoms with van der Waals surface area (Å²) in [4.78, 5) is 25.3. The summed E-state index contributed by atoms with van der Waals surface area (Å²) in [7, 11) is 0. The molecule has 0 spiro atoms. The van der Waals surface area contributed by atoms with Crippen molar-refractivity contribution in [3.05, 3.63) is 47.5 Å². The minimum absolute atomic E-state index is 0.197. The highest BCUT2D eigenvalue weighted by atomic mass is 16.2. The minimum Gasteiger partial charge on any atom is -0.269 e. The number of benzene rings is 1. The molecule has 2 rings (SSSR count). The smallest absolute Gasteiger partial charge is 0.262 e. The molecule has 0 bridgehead atoms. The maximum atomic E-state index is 12.0. The summed E-state index contributed by atoms with van der Waals surface area (Å²) in [5.74, 6) is -0.405. The average Bonchev–Trinajstić information content (AvgIpc) is 2.53. The van der Waals surface area contributed by atoms with E-state index in [4.69, 9.17) is 0 Å². The van der Waals surface area contributed by atoms with Crippen molar-refractivity contribution in [2.75, 3.05) is 0 Å². The Morgan fingerprint density at radius 2 is 1.62 bits per heavy atom. The van der Waals surface area contributed by atoms with Crippen molar-refractivity contribution in [3.8, 4) is 0 Å². The number of carbonyl (C=O) groups is 2. The number of rotatable bonds is 2. The fraction of sp³-hybridized carbons (Fsp3) is 0.231. The molecule has 1 heterocycles. The van der Waals surface area contributed by atoms with Crippen LogP contribution in [-0.4, -0.2) is 22.8 Å². The van der Waals surface area contributed by atoms with E-state index in [-0.39, 0.29) is 17.9 Å². The third-order valence-electron chi connectivity index (χ3n) is 2.70. The van der Waals surface area contributed by atoms with Gasteiger partial charge in [0.2, 0.25) is 0 Å². The monoisotopic (exact) mass is 215 g/mol. The third-order valence-corrected chi connectivity index (χ3v) is 2.70. The summed E-state index contributed by atoms with van der Waals surface area (Å²) >= 11 is 0. The number of imide groups is 1. The lowest BCUT2D eigenvalue weighted by Crippen LogP contribution is -2.36. The summed E-state index contributed by atoms with van der Waals surface area (Å²) in [6, 6.07) is 6.73. The summed E-state index contributed by atoms with van der Waals surface area (Å²) in [6.45, 7) is 3.70. The summed E-state index contributed by atoms with van der Waals surface area (Å²) in [6.07, 6.45) is 3.68. The van der Waals surface area contributed by atoms with E-state index in [9.17, 15) is 9.59 Å². The van der Waals surface area contributed by atoms with Crippen LogP contribution in [0.3, 0.4) is 0 Å². The lowest BCUT2D eigenvalue weighted by molar-refractivity contribution is 0.0625. The lowest BCUT2D eigenvalue weighted by atomic mass is 10.1. The Bertz CT molecular complexity index is 442. The van der Waals surface area contributed by atoms with E-state index in [0.717, 1.165) is 0 Å². The fourth-order valence-corrected chi connectivity index (χ4v) is 1.94. The number of amides is 2. The van der Waals surface area contributed by atoms with Gasteiger partial charge in [-0.2, -0.15) is 0 Å². The van der Waals surface area contributed by atoms with Gasteiger partial charge in [0.25, 0.3) is 11.8 Å². The second kappa shape index (κ2) is 3.93. The Kier molecular flexibility index (Phi) is 2.60. The minimum atomic E-state index is -0.203. The molecule has 1 atom stereocenters. The number of fused-ring (bicyclic) bond motifs is 1. The standard InChI is InChI=1S/C13H13NO2/c1-3-6-9(2)14-12(15)10-7-4-5-8-11(10)13(14)16/h3-9H,1-2H3/b6-3+. The predicted octanol–water partition coefficient (Wildman–Crippen LogP) is 2.25. The summed E-state index contributed by atoms with van der Waals surface area (Å²) in [5.41, 5.74) is 1.01. The first-order valence-corrected chi connectivity index (χ1v) is 5.26. The fourth-order valence-electron chi connectivity index (χ4n) is 1.94. The van der Waals surface area contributed by atoms with Gasteiger partial charge < -0.3 is 0 Å². The highest BCUT2D eigenvalue weighted by molar-refractivity contribution is 6.21. The maximum absolute atomic E-state index is 12.0. The van der Waals surface area contributed by atoms with Crippen LogP contribution in [0.2, 0.25) is 0 Å². The van der Waals surface area contributed by atoms with Crippen LogP contribution in [0.1, 0.15) is 34.6 Å². The van der Waals surface area contributed by atoms with Crippen LogP contribution in [0.25, 0.3) is 0 Å². The Morgan fingerprint density at radius 1 is 1.12 bits per heavy atom. The molecular formula is C13H13NO2. The van der Waals surface area contributed by atoms with Gasteiger partial charge in [0.05, 0.1) is 17.2 Å². The van der Waals surface area contributed by atoms with Gasteiger partial charge in [-0.05, 0) is 26.0 Å². The lowest BCUT2D eigenvalue weighted by Gasteiger charge is -2.18. The molecule has 1 aromatic carbocycles. The molecule has 0 N–H and O–H groups in total. The van der Waals surface area contributed by atoms with Crippen LogP contribution in [0, 0.1) is 0 Å². The Labute approximate surface area is 94.4 Å². The van der Waals surface area contributed by atoms with Crippen molar-refractivity contribution in [1.82, 2.24) is 4.90 Å². The molecule has 2 amide bonds. The van der Waals surface area contributed by atoms with Gasteiger partial charge >= 0.3 is 0 Å². The highest BCUT2D eigenvalue weighted by Gasteiger charge is 2.37. The molecular weight excluding hydrogens is 202 g/mol. The second-order valence-electron chi connectivity index (χ2n) is 3.79. The summed E-state index contributed by atoms with van der Waals surface area (Å²) < 4.78 is 0. The first kappa shape index (κ1) is 10.6. The van der Waals surface area contributed by atoms with Crippen molar-refractivity contribution < 1.29 is 9.59 Å². The molecule has 0 fully saturated rings. The number of hydrogen-bond donors (Lipinski definition) is 0. The number of allylic oxidation sites excluding steroid dienone is 1. The van der Waals surface area contributed by atoms with Crippen molar-refractivity contribution in [1.29, 1.82) is 0 Å². The molecule has 3 heteroatoms. The van der Waals surface area contributed by atoms with E-state index in [2.05, 4.69) is 0 Å². The van der Waals surface area contributed by atoms with Crippen LogP contribution in [0.15, 0.2) is 36.4 Å². The molecule has 0 aliphatic carbocycles. The van der Waals surface area contributed by atoms with Crippen molar-refractivity contribution in [2.24, 2.45) is 0 Å². The third kappa shape index (κ3) is 1.45.